The Bertz CT molecular complexity index is 238. The first-order valence-electron chi connectivity index (χ1n) is 5.58. The van der Waals surface area contributed by atoms with Gasteiger partial charge < -0.3 is 14.7 Å². The maximum absolute atomic E-state index is 12.1. The van der Waals surface area contributed by atoms with Gasteiger partial charge in [0.05, 0.1) is 6.67 Å². The Hall–Kier alpha value is -0.810. The zero-order valence-electron chi connectivity index (χ0n) is 9.65. The normalized spacial score (nSPS) is 24.9. The molecule has 0 aromatic rings. The van der Waals surface area contributed by atoms with Crippen molar-refractivity contribution in [1.82, 2.24) is 19.6 Å². The van der Waals surface area contributed by atoms with Gasteiger partial charge >= 0.3 is 6.03 Å². The molecule has 2 fully saturated rings. The van der Waals surface area contributed by atoms with Crippen molar-refractivity contribution in [3.8, 4) is 0 Å². The first-order valence-corrected chi connectivity index (χ1v) is 5.58. The van der Waals surface area contributed by atoms with E-state index in [9.17, 15) is 4.79 Å². The van der Waals surface area contributed by atoms with Gasteiger partial charge in [0.15, 0.2) is 0 Å². The van der Waals surface area contributed by atoms with Crippen LogP contribution in [-0.2, 0) is 0 Å². The fourth-order valence-corrected chi connectivity index (χ4v) is 2.08. The SMILES string of the molecule is CN1CCN(C(=O)N2CCN(C)C2)CC1. The van der Waals surface area contributed by atoms with Gasteiger partial charge in [-0.1, -0.05) is 0 Å². The third-order valence-corrected chi connectivity index (χ3v) is 3.21. The molecule has 0 atom stereocenters. The molecule has 5 nitrogen and oxygen atoms in total. The fraction of sp³-hybridized carbons (Fsp3) is 0.900. The fourth-order valence-electron chi connectivity index (χ4n) is 2.08. The number of carbonyl (C=O) groups excluding carboxylic acids is 1. The van der Waals surface area contributed by atoms with E-state index in [1.54, 1.807) is 0 Å². The van der Waals surface area contributed by atoms with E-state index in [-0.39, 0.29) is 6.03 Å². The molecule has 2 aliphatic heterocycles. The van der Waals surface area contributed by atoms with Gasteiger partial charge in [-0.15, -0.1) is 0 Å². The Labute approximate surface area is 91.2 Å². The molecular weight excluding hydrogens is 192 g/mol. The summed E-state index contributed by atoms with van der Waals surface area (Å²) in [5, 5.41) is 0. The van der Waals surface area contributed by atoms with Crippen molar-refractivity contribution >= 4 is 6.03 Å². The average Bonchev–Trinajstić information content (AvgIpc) is 2.65. The number of rotatable bonds is 0. The van der Waals surface area contributed by atoms with Crippen molar-refractivity contribution < 1.29 is 4.79 Å². The molecule has 2 rings (SSSR count). The molecular formula is C10H20N4O. The molecule has 0 aromatic carbocycles. The van der Waals surface area contributed by atoms with Crippen LogP contribution in [0.3, 0.4) is 0 Å². The summed E-state index contributed by atoms with van der Waals surface area (Å²) >= 11 is 0. The van der Waals surface area contributed by atoms with Crippen LogP contribution in [0.2, 0.25) is 0 Å². The Morgan fingerprint density at radius 2 is 1.33 bits per heavy atom. The Balaban J connectivity index is 1.85. The van der Waals surface area contributed by atoms with Crippen LogP contribution in [0.1, 0.15) is 0 Å². The second kappa shape index (κ2) is 4.37. The summed E-state index contributed by atoms with van der Waals surface area (Å²) in [4.78, 5) is 20.4. The average molecular weight is 212 g/mol. The minimum absolute atomic E-state index is 0.215. The van der Waals surface area contributed by atoms with E-state index in [4.69, 9.17) is 0 Å². The number of nitrogens with zero attached hydrogens (tertiary/aromatic N) is 4. The monoisotopic (exact) mass is 212 g/mol. The number of urea groups is 1. The number of piperazine rings is 1. The third-order valence-electron chi connectivity index (χ3n) is 3.21. The molecule has 0 unspecified atom stereocenters. The number of amides is 2. The summed E-state index contributed by atoms with van der Waals surface area (Å²) in [5.74, 6) is 0. The molecule has 0 radical (unpaired) electrons. The highest BCUT2D eigenvalue weighted by Crippen LogP contribution is 2.08. The van der Waals surface area contributed by atoms with E-state index >= 15 is 0 Å². The van der Waals surface area contributed by atoms with E-state index in [0.717, 1.165) is 45.9 Å². The van der Waals surface area contributed by atoms with E-state index in [1.807, 2.05) is 9.80 Å². The molecule has 0 saturated carbocycles. The summed E-state index contributed by atoms with van der Waals surface area (Å²) in [6, 6.07) is 0.215. The van der Waals surface area contributed by atoms with E-state index in [2.05, 4.69) is 23.9 Å². The van der Waals surface area contributed by atoms with Crippen LogP contribution >= 0.6 is 0 Å². The lowest BCUT2D eigenvalue weighted by Crippen LogP contribution is -2.51. The molecule has 2 amide bonds. The minimum Gasteiger partial charge on any atom is -0.322 e. The summed E-state index contributed by atoms with van der Waals surface area (Å²) in [7, 11) is 4.16. The Morgan fingerprint density at radius 3 is 1.87 bits per heavy atom. The van der Waals surface area contributed by atoms with Gasteiger partial charge in [-0.2, -0.15) is 0 Å². The third kappa shape index (κ3) is 2.41. The van der Waals surface area contributed by atoms with Crippen LogP contribution in [0.4, 0.5) is 4.79 Å². The second-order valence-electron chi connectivity index (χ2n) is 4.56. The van der Waals surface area contributed by atoms with Gasteiger partial charge in [0, 0.05) is 39.3 Å². The Kier molecular flexibility index (Phi) is 3.11. The first-order chi connectivity index (χ1) is 7.16. The van der Waals surface area contributed by atoms with E-state index in [1.165, 1.54) is 0 Å². The predicted octanol–water partition coefficient (Wildman–Crippen LogP) is -0.441. The summed E-state index contributed by atoms with van der Waals surface area (Å²) in [6.07, 6.45) is 0. The van der Waals surface area contributed by atoms with Gasteiger partial charge in [-0.3, -0.25) is 4.90 Å². The largest absolute Gasteiger partial charge is 0.322 e. The van der Waals surface area contributed by atoms with Crippen LogP contribution in [0.15, 0.2) is 0 Å². The molecule has 15 heavy (non-hydrogen) atoms. The van der Waals surface area contributed by atoms with Gasteiger partial charge in [-0.05, 0) is 14.1 Å². The molecule has 2 aliphatic rings. The predicted molar refractivity (Wildman–Crippen MR) is 58.7 cm³/mol. The van der Waals surface area contributed by atoms with Gasteiger partial charge in [0.1, 0.15) is 0 Å². The number of hydrogen-bond acceptors (Lipinski definition) is 3. The molecule has 0 bridgehead atoms. The lowest BCUT2D eigenvalue weighted by molar-refractivity contribution is 0.125. The van der Waals surface area contributed by atoms with Crippen LogP contribution in [-0.4, -0.2) is 85.7 Å². The lowest BCUT2D eigenvalue weighted by Gasteiger charge is -2.34. The molecule has 0 N–H and O–H groups in total. The number of carbonyl (C=O) groups is 1. The maximum atomic E-state index is 12.1. The Morgan fingerprint density at radius 1 is 0.800 bits per heavy atom. The van der Waals surface area contributed by atoms with Crippen LogP contribution < -0.4 is 0 Å². The summed E-state index contributed by atoms with van der Waals surface area (Å²) in [5.41, 5.74) is 0. The highest BCUT2D eigenvalue weighted by atomic mass is 16.2. The van der Waals surface area contributed by atoms with Crippen molar-refractivity contribution in [2.45, 2.75) is 0 Å². The number of hydrogen-bond donors (Lipinski definition) is 0. The van der Waals surface area contributed by atoms with Crippen LogP contribution in [0.25, 0.3) is 0 Å². The molecule has 0 aromatic heterocycles. The zero-order chi connectivity index (χ0) is 10.8. The lowest BCUT2D eigenvalue weighted by atomic mass is 10.3. The van der Waals surface area contributed by atoms with E-state index < -0.39 is 0 Å². The van der Waals surface area contributed by atoms with Crippen molar-refractivity contribution in [3.05, 3.63) is 0 Å². The maximum Gasteiger partial charge on any atom is 0.321 e. The molecule has 0 aliphatic carbocycles. The highest BCUT2D eigenvalue weighted by molar-refractivity contribution is 5.74. The quantitative estimate of drug-likeness (QED) is 0.545. The summed E-state index contributed by atoms with van der Waals surface area (Å²) < 4.78 is 0. The number of likely N-dealkylation sites (N-methyl/N-ethyl adjacent to an activating group) is 2. The van der Waals surface area contributed by atoms with Crippen molar-refractivity contribution in [1.29, 1.82) is 0 Å². The van der Waals surface area contributed by atoms with Gasteiger partial charge in [-0.25, -0.2) is 4.79 Å². The molecule has 2 heterocycles. The summed E-state index contributed by atoms with van der Waals surface area (Å²) in [6.45, 7) is 6.39. The highest BCUT2D eigenvalue weighted by Gasteiger charge is 2.27. The molecule has 2 saturated heterocycles. The van der Waals surface area contributed by atoms with Crippen LogP contribution in [0, 0.1) is 0 Å². The molecule has 0 spiro atoms. The standard InChI is InChI=1S/C10H20N4O/c1-11-3-6-13(7-4-11)10(15)14-8-5-12(2)9-14/h3-9H2,1-2H3. The molecule has 86 valence electrons. The van der Waals surface area contributed by atoms with Crippen molar-refractivity contribution in [2.75, 3.05) is 60.0 Å². The van der Waals surface area contributed by atoms with Crippen LogP contribution in [0.5, 0.6) is 0 Å². The van der Waals surface area contributed by atoms with Gasteiger partial charge in [0.2, 0.25) is 0 Å². The smallest absolute Gasteiger partial charge is 0.321 e. The second-order valence-corrected chi connectivity index (χ2v) is 4.56. The topological polar surface area (TPSA) is 30.0 Å². The van der Waals surface area contributed by atoms with Gasteiger partial charge in [0.25, 0.3) is 0 Å². The van der Waals surface area contributed by atoms with Crippen molar-refractivity contribution in [3.63, 3.8) is 0 Å². The minimum atomic E-state index is 0.215. The molecule has 5 heteroatoms. The zero-order valence-corrected chi connectivity index (χ0v) is 9.65. The van der Waals surface area contributed by atoms with Crippen molar-refractivity contribution in [2.24, 2.45) is 0 Å². The first kappa shape index (κ1) is 10.7. The van der Waals surface area contributed by atoms with E-state index in [0.29, 0.717) is 0 Å².